The van der Waals surface area contributed by atoms with Crippen molar-refractivity contribution >= 4 is 11.8 Å². The number of nitrogens with zero attached hydrogens (tertiary/aromatic N) is 3. The summed E-state index contributed by atoms with van der Waals surface area (Å²) >= 11 is 0. The van der Waals surface area contributed by atoms with Crippen LogP contribution in [0.2, 0.25) is 0 Å². The number of hydrogen-bond acceptors (Lipinski definition) is 3. The lowest BCUT2D eigenvalue weighted by Crippen LogP contribution is -2.40. The Morgan fingerprint density at radius 2 is 2.19 bits per heavy atom. The standard InChI is InChI=1S/C11H17N3O2/c1-3-13(4-2)11(16)8-14-7-9(6-12)5-10(14)15/h9H,3-5,7-8H2,1-2H3. The van der Waals surface area contributed by atoms with Crippen LogP contribution in [0.4, 0.5) is 0 Å². The minimum atomic E-state index is -0.253. The van der Waals surface area contributed by atoms with Crippen LogP contribution in [0.3, 0.4) is 0 Å². The van der Waals surface area contributed by atoms with Gasteiger partial charge in [0.05, 0.1) is 18.5 Å². The Morgan fingerprint density at radius 1 is 1.56 bits per heavy atom. The summed E-state index contributed by atoms with van der Waals surface area (Å²) in [6.45, 7) is 5.62. The van der Waals surface area contributed by atoms with Gasteiger partial charge in [0.2, 0.25) is 11.8 Å². The number of hydrogen-bond donors (Lipinski definition) is 0. The third-order valence-electron chi connectivity index (χ3n) is 2.84. The fraction of sp³-hybridized carbons (Fsp3) is 0.727. The lowest BCUT2D eigenvalue weighted by Gasteiger charge is -2.22. The molecule has 0 aromatic rings. The second kappa shape index (κ2) is 5.50. The van der Waals surface area contributed by atoms with E-state index in [0.29, 0.717) is 19.6 Å². The highest BCUT2D eigenvalue weighted by Gasteiger charge is 2.31. The van der Waals surface area contributed by atoms with Gasteiger partial charge >= 0.3 is 0 Å². The zero-order chi connectivity index (χ0) is 12.1. The summed E-state index contributed by atoms with van der Waals surface area (Å²) in [6.07, 6.45) is 0.252. The number of carbonyl (C=O) groups excluding carboxylic acids is 2. The Morgan fingerprint density at radius 3 is 2.62 bits per heavy atom. The molecule has 1 fully saturated rings. The minimum absolute atomic E-state index is 0.0445. The molecule has 5 nitrogen and oxygen atoms in total. The van der Waals surface area contributed by atoms with E-state index in [1.54, 1.807) is 4.90 Å². The van der Waals surface area contributed by atoms with Crippen LogP contribution in [-0.2, 0) is 9.59 Å². The Hall–Kier alpha value is -1.57. The van der Waals surface area contributed by atoms with Gasteiger partial charge in [-0.2, -0.15) is 5.26 Å². The first-order chi connectivity index (χ1) is 7.62. The van der Waals surface area contributed by atoms with Crippen LogP contribution in [0.1, 0.15) is 20.3 Å². The highest BCUT2D eigenvalue weighted by Crippen LogP contribution is 2.16. The summed E-state index contributed by atoms with van der Waals surface area (Å²) in [4.78, 5) is 26.4. The number of rotatable bonds is 4. The van der Waals surface area contributed by atoms with Gasteiger partial charge in [0, 0.05) is 26.1 Å². The third-order valence-corrected chi connectivity index (χ3v) is 2.84. The van der Waals surface area contributed by atoms with Crippen LogP contribution >= 0.6 is 0 Å². The van der Waals surface area contributed by atoms with Crippen molar-refractivity contribution in [1.29, 1.82) is 5.26 Å². The van der Waals surface area contributed by atoms with Crippen LogP contribution in [0, 0.1) is 17.2 Å². The second-order valence-electron chi connectivity index (χ2n) is 3.87. The molecule has 88 valence electrons. The summed E-state index contributed by atoms with van der Waals surface area (Å²) in [7, 11) is 0. The third kappa shape index (κ3) is 2.72. The van der Waals surface area contributed by atoms with Crippen LogP contribution < -0.4 is 0 Å². The molecule has 1 saturated heterocycles. The predicted octanol–water partition coefficient (Wildman–Crippen LogP) is 0.227. The average Bonchev–Trinajstić information content (AvgIpc) is 2.61. The average molecular weight is 223 g/mol. The van der Waals surface area contributed by atoms with E-state index in [1.807, 2.05) is 13.8 Å². The summed E-state index contributed by atoms with van der Waals surface area (Å²) in [5.74, 6) is -0.388. The van der Waals surface area contributed by atoms with Gasteiger partial charge in [0.1, 0.15) is 0 Å². The molecule has 0 aromatic carbocycles. The Balaban J connectivity index is 2.52. The SMILES string of the molecule is CCN(CC)C(=O)CN1CC(C#N)CC1=O. The van der Waals surface area contributed by atoms with E-state index in [1.165, 1.54) is 4.90 Å². The minimum Gasteiger partial charge on any atom is -0.342 e. The highest BCUT2D eigenvalue weighted by atomic mass is 16.2. The summed E-state index contributed by atoms with van der Waals surface area (Å²) < 4.78 is 0. The van der Waals surface area contributed by atoms with Gasteiger partial charge in [-0.25, -0.2) is 0 Å². The number of likely N-dealkylation sites (tertiary alicyclic amines) is 1. The molecule has 1 aliphatic heterocycles. The molecule has 0 radical (unpaired) electrons. The molecule has 0 bridgehead atoms. The first kappa shape index (κ1) is 12.5. The second-order valence-corrected chi connectivity index (χ2v) is 3.87. The normalized spacial score (nSPS) is 19.7. The molecule has 1 atom stereocenters. The maximum absolute atomic E-state index is 11.8. The fourth-order valence-corrected chi connectivity index (χ4v) is 1.85. The van der Waals surface area contributed by atoms with E-state index in [-0.39, 0.29) is 30.7 Å². The number of carbonyl (C=O) groups is 2. The van der Waals surface area contributed by atoms with E-state index >= 15 is 0 Å². The van der Waals surface area contributed by atoms with Crippen LogP contribution in [0.15, 0.2) is 0 Å². The van der Waals surface area contributed by atoms with Crippen LogP contribution in [0.25, 0.3) is 0 Å². The topological polar surface area (TPSA) is 64.4 Å². The molecule has 0 N–H and O–H groups in total. The highest BCUT2D eigenvalue weighted by molar-refractivity contribution is 5.86. The molecule has 16 heavy (non-hydrogen) atoms. The largest absolute Gasteiger partial charge is 0.342 e. The Bertz CT molecular complexity index is 318. The van der Waals surface area contributed by atoms with Gasteiger partial charge in [-0.3, -0.25) is 9.59 Å². The molecule has 1 heterocycles. The fourth-order valence-electron chi connectivity index (χ4n) is 1.85. The molecule has 0 aromatic heterocycles. The first-order valence-electron chi connectivity index (χ1n) is 5.57. The van der Waals surface area contributed by atoms with Crippen molar-refractivity contribution in [1.82, 2.24) is 9.80 Å². The van der Waals surface area contributed by atoms with Crippen molar-refractivity contribution < 1.29 is 9.59 Å². The number of likely N-dealkylation sites (N-methyl/N-ethyl adjacent to an activating group) is 1. The van der Waals surface area contributed by atoms with E-state index in [0.717, 1.165) is 0 Å². The van der Waals surface area contributed by atoms with Crippen molar-refractivity contribution in [2.24, 2.45) is 5.92 Å². The number of amides is 2. The van der Waals surface area contributed by atoms with Gasteiger partial charge in [-0.15, -0.1) is 0 Å². The van der Waals surface area contributed by atoms with Gasteiger partial charge in [-0.05, 0) is 13.8 Å². The van der Waals surface area contributed by atoms with Gasteiger partial charge in [0.25, 0.3) is 0 Å². The molecule has 0 saturated carbocycles. The maximum atomic E-state index is 11.8. The Labute approximate surface area is 95.6 Å². The van der Waals surface area contributed by atoms with Gasteiger partial charge in [-0.1, -0.05) is 0 Å². The quantitative estimate of drug-likeness (QED) is 0.685. The van der Waals surface area contributed by atoms with E-state index < -0.39 is 0 Å². The molecule has 0 spiro atoms. The monoisotopic (exact) mass is 223 g/mol. The first-order valence-corrected chi connectivity index (χ1v) is 5.57. The summed E-state index contributed by atoms with van der Waals surface area (Å²) in [5.41, 5.74) is 0. The summed E-state index contributed by atoms with van der Waals surface area (Å²) in [6, 6.07) is 2.07. The van der Waals surface area contributed by atoms with Gasteiger partial charge in [0.15, 0.2) is 0 Å². The molecule has 2 amide bonds. The zero-order valence-corrected chi connectivity index (χ0v) is 9.77. The number of nitriles is 1. The summed E-state index contributed by atoms with van der Waals surface area (Å²) in [5, 5.41) is 8.71. The molecule has 1 rings (SSSR count). The molecule has 5 heteroatoms. The lowest BCUT2D eigenvalue weighted by atomic mass is 10.1. The van der Waals surface area contributed by atoms with Crippen LogP contribution in [0.5, 0.6) is 0 Å². The lowest BCUT2D eigenvalue weighted by molar-refractivity contribution is -0.138. The van der Waals surface area contributed by atoms with Gasteiger partial charge < -0.3 is 9.80 Å². The molecular formula is C11H17N3O2. The van der Waals surface area contributed by atoms with Crippen molar-refractivity contribution in [3.63, 3.8) is 0 Å². The van der Waals surface area contributed by atoms with Crippen molar-refractivity contribution in [2.75, 3.05) is 26.2 Å². The smallest absolute Gasteiger partial charge is 0.242 e. The molecule has 1 aliphatic rings. The Kier molecular flexibility index (Phi) is 4.29. The van der Waals surface area contributed by atoms with E-state index in [2.05, 4.69) is 6.07 Å². The van der Waals surface area contributed by atoms with Crippen molar-refractivity contribution in [3.05, 3.63) is 0 Å². The van der Waals surface area contributed by atoms with E-state index in [9.17, 15) is 9.59 Å². The van der Waals surface area contributed by atoms with Crippen LogP contribution in [-0.4, -0.2) is 47.8 Å². The predicted molar refractivity (Wildman–Crippen MR) is 58.2 cm³/mol. The molecular weight excluding hydrogens is 206 g/mol. The van der Waals surface area contributed by atoms with E-state index in [4.69, 9.17) is 5.26 Å². The molecule has 0 aliphatic carbocycles. The zero-order valence-electron chi connectivity index (χ0n) is 9.77. The van der Waals surface area contributed by atoms with Crippen molar-refractivity contribution in [3.8, 4) is 6.07 Å². The maximum Gasteiger partial charge on any atom is 0.242 e. The van der Waals surface area contributed by atoms with Crippen molar-refractivity contribution in [2.45, 2.75) is 20.3 Å². The molecule has 1 unspecified atom stereocenters.